The molecule has 1 aliphatic carbocycles. The molecule has 8 atom stereocenters. The van der Waals surface area contributed by atoms with E-state index in [2.05, 4.69) is 18.5 Å². The Labute approximate surface area is 290 Å². The summed E-state index contributed by atoms with van der Waals surface area (Å²) in [7, 11) is 1.51. The van der Waals surface area contributed by atoms with E-state index in [1.54, 1.807) is 12.2 Å². The number of nitrogens with one attached hydrogen (secondary N) is 1. The third kappa shape index (κ3) is 7.21. The lowest BCUT2D eigenvalue weighted by molar-refractivity contribution is -0.163. The van der Waals surface area contributed by atoms with Crippen molar-refractivity contribution in [3.05, 3.63) is 61.2 Å². The Morgan fingerprint density at radius 3 is 2.51 bits per heavy atom. The summed E-state index contributed by atoms with van der Waals surface area (Å²) in [6.45, 7) is 9.57. The van der Waals surface area contributed by atoms with E-state index < -0.39 is 53.7 Å². The number of benzene rings is 1. The monoisotopic (exact) mass is 679 g/mol. The molecular formula is C38H53N3O8. The van der Waals surface area contributed by atoms with Gasteiger partial charge in [0.25, 0.3) is 0 Å². The molecule has 11 nitrogen and oxygen atoms in total. The molecule has 1 aromatic carbocycles. The number of nitrogens with zero attached hydrogens (tertiary/aromatic N) is 2. The lowest BCUT2D eigenvalue weighted by atomic mass is 9.70. The lowest BCUT2D eigenvalue weighted by Gasteiger charge is -2.42. The molecule has 0 radical (unpaired) electrons. The molecule has 4 fully saturated rings. The zero-order chi connectivity index (χ0) is 35.1. The molecule has 3 saturated heterocycles. The molecule has 2 N–H and O–H groups in total. The number of esters is 1. The van der Waals surface area contributed by atoms with E-state index in [1.165, 1.54) is 12.0 Å². The third-order valence-corrected chi connectivity index (χ3v) is 10.9. The van der Waals surface area contributed by atoms with Crippen molar-refractivity contribution in [2.45, 2.75) is 113 Å². The van der Waals surface area contributed by atoms with Crippen LogP contribution in [0.15, 0.2) is 55.6 Å². The lowest BCUT2D eigenvalue weighted by Crippen LogP contribution is -2.60. The Morgan fingerprint density at radius 2 is 1.88 bits per heavy atom. The minimum atomic E-state index is -1.23. The molecule has 3 heterocycles. The first-order valence-corrected chi connectivity index (χ1v) is 17.9. The number of methoxy groups -OCH3 is 1. The Morgan fingerprint density at radius 1 is 1.14 bits per heavy atom. The molecule has 3 amide bonds. The van der Waals surface area contributed by atoms with Crippen LogP contribution in [-0.4, -0.2) is 101 Å². The number of aliphatic hydroxyl groups is 1. The van der Waals surface area contributed by atoms with Crippen molar-refractivity contribution in [3.8, 4) is 0 Å². The minimum absolute atomic E-state index is 0.0197. The molecule has 4 aliphatic rings. The number of hydrogen-bond donors (Lipinski definition) is 2. The van der Waals surface area contributed by atoms with Crippen LogP contribution in [0.2, 0.25) is 0 Å². The predicted octanol–water partition coefficient (Wildman–Crippen LogP) is 3.86. The summed E-state index contributed by atoms with van der Waals surface area (Å²) in [5.74, 6) is -3.36. The van der Waals surface area contributed by atoms with Gasteiger partial charge in [-0.15, -0.1) is 13.2 Å². The SMILES string of the molecule is C=CCCC(=O)N[C@H](COC)[C@H](OC(=O)[C@@H]1[C@H]2C(=O)N([C@@H](CC)CO)[C@H](C(=O)N(CC=C)C3CCCCC3)[C@]23CC[C@H]1O3)c1ccccc1. The predicted molar refractivity (Wildman–Crippen MR) is 183 cm³/mol. The van der Waals surface area contributed by atoms with Crippen LogP contribution >= 0.6 is 0 Å². The van der Waals surface area contributed by atoms with Crippen LogP contribution in [0.1, 0.15) is 82.8 Å². The third-order valence-electron chi connectivity index (χ3n) is 10.9. The highest BCUT2D eigenvalue weighted by molar-refractivity contribution is 5.98. The van der Waals surface area contributed by atoms with Crippen LogP contribution in [0.25, 0.3) is 0 Å². The number of carbonyl (C=O) groups is 4. The van der Waals surface area contributed by atoms with Crippen LogP contribution in [0, 0.1) is 11.8 Å². The quantitative estimate of drug-likeness (QED) is 0.187. The zero-order valence-electron chi connectivity index (χ0n) is 29.0. The van der Waals surface area contributed by atoms with Gasteiger partial charge in [-0.3, -0.25) is 19.2 Å². The van der Waals surface area contributed by atoms with Gasteiger partial charge >= 0.3 is 5.97 Å². The summed E-state index contributed by atoms with van der Waals surface area (Å²) in [5, 5.41) is 13.4. The number of likely N-dealkylation sites (tertiary alicyclic amines) is 1. The van der Waals surface area contributed by atoms with Crippen molar-refractivity contribution in [3.63, 3.8) is 0 Å². The number of amides is 3. The topological polar surface area (TPSA) is 135 Å². The average molecular weight is 680 g/mol. The fraction of sp³-hybridized carbons (Fsp3) is 0.632. The van der Waals surface area contributed by atoms with Gasteiger partial charge in [0.05, 0.1) is 43.2 Å². The highest BCUT2D eigenvalue weighted by Gasteiger charge is 2.75. The van der Waals surface area contributed by atoms with Crippen LogP contribution in [0.4, 0.5) is 0 Å². The number of fused-ring (bicyclic) bond motifs is 1. The molecule has 5 rings (SSSR count). The Balaban J connectivity index is 1.49. The van der Waals surface area contributed by atoms with Crippen LogP contribution < -0.4 is 5.32 Å². The molecule has 1 saturated carbocycles. The van der Waals surface area contributed by atoms with Gasteiger partial charge in [-0.2, -0.15) is 0 Å². The van der Waals surface area contributed by atoms with E-state index >= 15 is 0 Å². The second kappa shape index (κ2) is 16.4. The van der Waals surface area contributed by atoms with Gasteiger partial charge in [0.15, 0.2) is 0 Å². The molecule has 268 valence electrons. The van der Waals surface area contributed by atoms with E-state index in [-0.39, 0.29) is 43.4 Å². The molecule has 3 aliphatic heterocycles. The standard InChI is InChI=1S/C38H53N3O8/c1-5-8-19-30(43)39-28(24-47-4)33(25-15-11-9-12-16-25)48-37(46)31-29-20-21-38(49-29)32(31)35(44)41(26(7-3)23-42)34(38)36(45)40(22-6-2)27-17-13-10-14-18-27/h5-6,9,11-12,15-16,26-29,31-34,42H,1-2,7-8,10,13-14,17-24H2,3-4H3,(H,39,43)/t26-,28+,29+,31-,32-,33+,34+,38-/m0/s1. The van der Waals surface area contributed by atoms with Crippen molar-refractivity contribution in [1.29, 1.82) is 0 Å². The maximum Gasteiger partial charge on any atom is 0.313 e. The molecule has 0 unspecified atom stereocenters. The van der Waals surface area contributed by atoms with Gasteiger partial charge in [-0.05, 0) is 44.1 Å². The Bertz CT molecular complexity index is 1350. The summed E-state index contributed by atoms with van der Waals surface area (Å²) in [5.41, 5.74) is -0.571. The second-order valence-electron chi connectivity index (χ2n) is 13.8. The van der Waals surface area contributed by atoms with Crippen molar-refractivity contribution in [1.82, 2.24) is 15.1 Å². The first kappa shape index (κ1) is 36.7. The number of allylic oxidation sites excluding steroid dienone is 1. The second-order valence-corrected chi connectivity index (χ2v) is 13.8. The number of carbonyl (C=O) groups excluding carboxylic acids is 4. The van der Waals surface area contributed by atoms with Crippen LogP contribution in [0.5, 0.6) is 0 Å². The molecule has 11 heteroatoms. The van der Waals surface area contributed by atoms with Gasteiger partial charge in [-0.1, -0.05) is 68.7 Å². The number of rotatable bonds is 17. The Kier molecular flexibility index (Phi) is 12.3. The van der Waals surface area contributed by atoms with Crippen LogP contribution in [-0.2, 0) is 33.4 Å². The van der Waals surface area contributed by atoms with E-state index in [0.29, 0.717) is 37.8 Å². The van der Waals surface area contributed by atoms with Gasteiger partial charge in [0.2, 0.25) is 17.7 Å². The molecular weight excluding hydrogens is 626 g/mol. The van der Waals surface area contributed by atoms with Crippen molar-refractivity contribution < 1.29 is 38.5 Å². The van der Waals surface area contributed by atoms with Gasteiger partial charge in [0, 0.05) is 26.1 Å². The van der Waals surface area contributed by atoms with Gasteiger partial charge in [-0.25, -0.2) is 0 Å². The first-order chi connectivity index (χ1) is 23.8. The van der Waals surface area contributed by atoms with E-state index in [0.717, 1.165) is 32.1 Å². The normalized spacial score (nSPS) is 28.0. The van der Waals surface area contributed by atoms with E-state index in [1.807, 2.05) is 42.2 Å². The highest BCUT2D eigenvalue weighted by atomic mass is 16.6. The number of ether oxygens (including phenoxy) is 3. The number of hydrogen-bond acceptors (Lipinski definition) is 8. The van der Waals surface area contributed by atoms with Gasteiger partial charge in [0.1, 0.15) is 17.7 Å². The average Bonchev–Trinajstić information content (AvgIpc) is 3.77. The summed E-state index contributed by atoms with van der Waals surface area (Å²) in [6, 6.07) is 6.84. The molecule has 1 spiro atoms. The summed E-state index contributed by atoms with van der Waals surface area (Å²) < 4.78 is 18.5. The van der Waals surface area contributed by atoms with Crippen LogP contribution in [0.3, 0.4) is 0 Å². The Hall–Kier alpha value is -3.54. The molecule has 2 bridgehead atoms. The fourth-order valence-corrected chi connectivity index (χ4v) is 8.68. The highest BCUT2D eigenvalue weighted by Crippen LogP contribution is 2.59. The minimum Gasteiger partial charge on any atom is -0.455 e. The molecule has 1 aromatic rings. The first-order valence-electron chi connectivity index (χ1n) is 17.9. The molecule has 49 heavy (non-hydrogen) atoms. The van der Waals surface area contributed by atoms with E-state index in [9.17, 15) is 24.3 Å². The smallest absolute Gasteiger partial charge is 0.313 e. The summed E-state index contributed by atoms with van der Waals surface area (Å²) >= 11 is 0. The maximum absolute atomic E-state index is 14.8. The zero-order valence-corrected chi connectivity index (χ0v) is 29.0. The van der Waals surface area contributed by atoms with Gasteiger partial charge < -0.3 is 34.4 Å². The number of aliphatic hydroxyl groups excluding tert-OH is 1. The largest absolute Gasteiger partial charge is 0.455 e. The molecule has 0 aromatic heterocycles. The summed E-state index contributed by atoms with van der Waals surface area (Å²) in [6.07, 6.45) is 8.82. The van der Waals surface area contributed by atoms with Crippen molar-refractivity contribution in [2.24, 2.45) is 11.8 Å². The maximum atomic E-state index is 14.8. The fourth-order valence-electron chi connectivity index (χ4n) is 8.68. The van der Waals surface area contributed by atoms with Crippen molar-refractivity contribution >= 4 is 23.7 Å². The summed E-state index contributed by atoms with van der Waals surface area (Å²) in [4.78, 5) is 60.0. The van der Waals surface area contributed by atoms with Crippen molar-refractivity contribution in [2.75, 3.05) is 26.9 Å². The van der Waals surface area contributed by atoms with E-state index in [4.69, 9.17) is 14.2 Å².